The van der Waals surface area contributed by atoms with Gasteiger partial charge >= 0.3 is 0 Å². The van der Waals surface area contributed by atoms with Crippen molar-refractivity contribution in [3.63, 3.8) is 0 Å². The zero-order valence-corrected chi connectivity index (χ0v) is 21.8. The van der Waals surface area contributed by atoms with E-state index in [1.807, 2.05) is 43.6 Å². The van der Waals surface area contributed by atoms with Crippen molar-refractivity contribution in [1.82, 2.24) is 30.2 Å². The molecule has 1 saturated heterocycles. The molecular formula is C30H29FN6O2. The molecule has 2 N–H and O–H groups in total. The van der Waals surface area contributed by atoms with Crippen LogP contribution in [-0.2, 0) is 13.6 Å². The van der Waals surface area contributed by atoms with Gasteiger partial charge in [-0.05, 0) is 61.2 Å². The molecule has 1 amide bonds. The minimum Gasteiger partial charge on any atom is -0.496 e. The highest BCUT2D eigenvalue weighted by Crippen LogP contribution is 2.40. The topological polar surface area (TPSA) is 88.1 Å². The number of aryl methyl sites for hydroxylation is 1. The summed E-state index contributed by atoms with van der Waals surface area (Å²) in [7, 11) is 3.47. The predicted molar refractivity (Wildman–Crippen MR) is 147 cm³/mol. The highest BCUT2D eigenvalue weighted by atomic mass is 19.1. The molecule has 3 heterocycles. The SMILES string of the molecule is COc1cccc(F)c1CN1C[C@@H]2CC(NC(=O)c3ccc4[nH]nc(-c5ccc6nn(C)cc6c5)c4c3)[C@H]1C2. The minimum absolute atomic E-state index is 0.0153. The van der Waals surface area contributed by atoms with E-state index in [-0.39, 0.29) is 23.8 Å². The summed E-state index contributed by atoms with van der Waals surface area (Å²) in [4.78, 5) is 15.7. The van der Waals surface area contributed by atoms with Gasteiger partial charge in [-0.3, -0.25) is 19.5 Å². The molecule has 1 unspecified atom stereocenters. The van der Waals surface area contributed by atoms with Crippen LogP contribution in [0.25, 0.3) is 33.1 Å². The summed E-state index contributed by atoms with van der Waals surface area (Å²) in [5.41, 5.74) is 4.73. The van der Waals surface area contributed by atoms with Gasteiger partial charge in [0.2, 0.25) is 0 Å². The van der Waals surface area contributed by atoms with Crippen LogP contribution < -0.4 is 10.1 Å². The molecule has 9 heteroatoms. The fourth-order valence-corrected chi connectivity index (χ4v) is 6.48. The van der Waals surface area contributed by atoms with Crippen molar-refractivity contribution in [3.05, 3.63) is 77.7 Å². The van der Waals surface area contributed by atoms with E-state index >= 15 is 0 Å². The van der Waals surface area contributed by atoms with Crippen molar-refractivity contribution in [2.45, 2.75) is 31.5 Å². The lowest BCUT2D eigenvalue weighted by atomic mass is 10.0. The van der Waals surface area contributed by atoms with E-state index in [0.717, 1.165) is 52.4 Å². The maximum atomic E-state index is 14.6. The molecule has 198 valence electrons. The molecule has 3 aromatic carbocycles. The second kappa shape index (κ2) is 9.20. The third-order valence-corrected chi connectivity index (χ3v) is 8.28. The van der Waals surface area contributed by atoms with Crippen LogP contribution in [-0.4, -0.2) is 56.5 Å². The number of piperidine rings is 1. The van der Waals surface area contributed by atoms with Crippen LogP contribution in [0.4, 0.5) is 4.39 Å². The molecule has 0 radical (unpaired) electrons. The Labute approximate surface area is 224 Å². The lowest BCUT2D eigenvalue weighted by Crippen LogP contribution is -2.49. The number of benzene rings is 3. The first-order chi connectivity index (χ1) is 19.0. The molecule has 2 fully saturated rings. The molecule has 2 aliphatic rings. The lowest BCUT2D eigenvalue weighted by molar-refractivity contribution is 0.0887. The van der Waals surface area contributed by atoms with E-state index in [1.54, 1.807) is 23.9 Å². The summed E-state index contributed by atoms with van der Waals surface area (Å²) < 4.78 is 21.8. The number of carbonyl (C=O) groups excluding carboxylic acids is 1. The zero-order valence-electron chi connectivity index (χ0n) is 21.8. The van der Waals surface area contributed by atoms with E-state index in [9.17, 15) is 9.18 Å². The van der Waals surface area contributed by atoms with Crippen molar-refractivity contribution in [3.8, 4) is 17.0 Å². The number of aromatic amines is 1. The van der Waals surface area contributed by atoms with Crippen LogP contribution in [0.1, 0.15) is 28.8 Å². The van der Waals surface area contributed by atoms with Gasteiger partial charge in [-0.2, -0.15) is 10.2 Å². The Morgan fingerprint density at radius 1 is 1.18 bits per heavy atom. The second-order valence-electron chi connectivity index (χ2n) is 10.7. The van der Waals surface area contributed by atoms with Crippen LogP contribution in [0, 0.1) is 11.7 Å². The molecule has 0 spiro atoms. The number of carbonyl (C=O) groups is 1. The average Bonchev–Trinajstić information content (AvgIpc) is 3.71. The number of aromatic nitrogens is 4. The maximum absolute atomic E-state index is 14.6. The van der Waals surface area contributed by atoms with Crippen molar-refractivity contribution in [2.24, 2.45) is 13.0 Å². The second-order valence-corrected chi connectivity index (χ2v) is 10.7. The van der Waals surface area contributed by atoms with Gasteiger partial charge in [0, 0.05) is 65.9 Å². The van der Waals surface area contributed by atoms with Crippen LogP contribution >= 0.6 is 0 Å². The summed E-state index contributed by atoms with van der Waals surface area (Å²) in [5.74, 6) is 0.686. The number of H-pyrrole nitrogens is 1. The number of amides is 1. The first-order valence-electron chi connectivity index (χ1n) is 13.2. The molecule has 39 heavy (non-hydrogen) atoms. The Hall–Kier alpha value is -4.24. The van der Waals surface area contributed by atoms with Crippen LogP contribution in [0.5, 0.6) is 5.75 Å². The Kier molecular flexibility index (Phi) is 5.62. The molecule has 1 aliphatic carbocycles. The van der Waals surface area contributed by atoms with Crippen LogP contribution in [0.15, 0.2) is 60.8 Å². The Bertz CT molecular complexity index is 1730. The standard InChI is InChI=1S/C30H29FN6O2/c1-36-15-20-12-18(6-8-24(20)35-36)29-21-13-19(7-9-25(21)33-34-29)30(38)32-26-10-17-11-27(26)37(14-17)16-22-23(31)4-3-5-28(22)39-2/h3-9,12-13,15,17,26-27H,10-11,14,16H2,1-2H3,(H,32,38)(H,33,34)/t17-,26?,27-/m1/s1. The van der Waals surface area contributed by atoms with Crippen LogP contribution in [0.2, 0.25) is 0 Å². The van der Waals surface area contributed by atoms with Crippen molar-refractivity contribution < 1.29 is 13.9 Å². The number of rotatable bonds is 6. The molecule has 8 nitrogen and oxygen atoms in total. The van der Waals surface area contributed by atoms with E-state index in [1.165, 1.54) is 6.07 Å². The van der Waals surface area contributed by atoms with E-state index < -0.39 is 0 Å². The number of nitrogens with one attached hydrogen (secondary N) is 2. The summed E-state index contributed by atoms with van der Waals surface area (Å²) in [6.07, 6.45) is 3.92. The molecule has 2 aromatic heterocycles. The maximum Gasteiger partial charge on any atom is 0.251 e. The van der Waals surface area contributed by atoms with Gasteiger partial charge < -0.3 is 10.1 Å². The highest BCUT2D eigenvalue weighted by molar-refractivity contribution is 6.02. The third-order valence-electron chi connectivity index (χ3n) is 8.28. The molecule has 7 rings (SSSR count). The number of hydrogen-bond acceptors (Lipinski definition) is 5. The number of halogens is 1. The molecule has 1 aliphatic heterocycles. The van der Waals surface area contributed by atoms with Gasteiger partial charge in [0.05, 0.1) is 23.8 Å². The predicted octanol–water partition coefficient (Wildman–Crippen LogP) is 4.66. The number of likely N-dealkylation sites (tertiary alicyclic amines) is 1. The zero-order chi connectivity index (χ0) is 26.7. The van der Waals surface area contributed by atoms with Crippen molar-refractivity contribution in [1.29, 1.82) is 0 Å². The molecule has 2 bridgehead atoms. The monoisotopic (exact) mass is 524 g/mol. The average molecular weight is 525 g/mol. The normalized spacial score (nSPS) is 20.7. The fraction of sp³-hybridized carbons (Fsp3) is 0.300. The Morgan fingerprint density at radius 2 is 2.08 bits per heavy atom. The van der Waals surface area contributed by atoms with Gasteiger partial charge in [0.25, 0.3) is 5.91 Å². The highest BCUT2D eigenvalue weighted by Gasteiger charge is 2.45. The van der Waals surface area contributed by atoms with Crippen LogP contribution in [0.3, 0.4) is 0 Å². The minimum atomic E-state index is -0.260. The van der Waals surface area contributed by atoms with Gasteiger partial charge in [0.1, 0.15) is 11.6 Å². The van der Waals surface area contributed by atoms with Gasteiger partial charge in [0.15, 0.2) is 0 Å². The van der Waals surface area contributed by atoms with E-state index in [2.05, 4.69) is 31.6 Å². The molecule has 3 atom stereocenters. The number of methoxy groups -OCH3 is 1. The van der Waals surface area contributed by atoms with E-state index in [0.29, 0.717) is 29.3 Å². The fourth-order valence-electron chi connectivity index (χ4n) is 6.48. The van der Waals surface area contributed by atoms with Crippen molar-refractivity contribution in [2.75, 3.05) is 13.7 Å². The summed E-state index contributed by atoms with van der Waals surface area (Å²) in [6.45, 7) is 1.37. The van der Waals surface area contributed by atoms with E-state index in [4.69, 9.17) is 4.74 Å². The Morgan fingerprint density at radius 3 is 2.92 bits per heavy atom. The van der Waals surface area contributed by atoms with Gasteiger partial charge in [-0.15, -0.1) is 0 Å². The number of ether oxygens (including phenoxy) is 1. The summed E-state index contributed by atoms with van der Waals surface area (Å²) in [6, 6.07) is 16.8. The largest absolute Gasteiger partial charge is 0.496 e. The van der Waals surface area contributed by atoms with Crippen molar-refractivity contribution >= 4 is 27.7 Å². The lowest BCUT2D eigenvalue weighted by Gasteiger charge is -2.34. The summed E-state index contributed by atoms with van der Waals surface area (Å²) >= 11 is 0. The van der Waals surface area contributed by atoms with Gasteiger partial charge in [-0.25, -0.2) is 4.39 Å². The number of fused-ring (bicyclic) bond motifs is 4. The molecule has 5 aromatic rings. The quantitative estimate of drug-likeness (QED) is 0.338. The molecule has 1 saturated carbocycles. The van der Waals surface area contributed by atoms with Gasteiger partial charge in [-0.1, -0.05) is 12.1 Å². The first-order valence-corrected chi connectivity index (χ1v) is 13.2. The smallest absolute Gasteiger partial charge is 0.251 e. The summed E-state index contributed by atoms with van der Waals surface area (Å²) in [5, 5.41) is 17.3. The third kappa shape index (κ3) is 4.13. The first kappa shape index (κ1) is 23.8. The number of hydrogen-bond donors (Lipinski definition) is 2. The molecular weight excluding hydrogens is 495 g/mol. The Balaban J connectivity index is 1.11. The number of nitrogens with zero attached hydrogens (tertiary/aromatic N) is 4.